The number of ketones is 2. The molecule has 336 valence electrons. The number of rotatable bonds is 7. The van der Waals surface area contributed by atoms with Gasteiger partial charge in [0, 0.05) is 52.0 Å². The van der Waals surface area contributed by atoms with E-state index in [9.17, 15) is 29.4 Å². The first kappa shape index (κ1) is 47.6. The van der Waals surface area contributed by atoms with Gasteiger partial charge in [0.05, 0.1) is 30.5 Å². The Labute approximate surface area is 354 Å². The van der Waals surface area contributed by atoms with Crippen LogP contribution in [-0.4, -0.2) is 135 Å². The van der Waals surface area contributed by atoms with Gasteiger partial charge in [-0.05, 0) is 101 Å². The van der Waals surface area contributed by atoms with Crippen LogP contribution in [0.1, 0.15) is 118 Å². The Balaban J connectivity index is 1.51. The zero-order valence-corrected chi connectivity index (χ0v) is 37.0. The maximum Gasteiger partial charge on any atom is 0.329 e. The second kappa shape index (κ2) is 21.1. The Bertz CT molecular complexity index is 1690. The van der Waals surface area contributed by atoms with Crippen molar-refractivity contribution in [2.75, 3.05) is 27.9 Å². The van der Waals surface area contributed by atoms with Crippen molar-refractivity contribution in [3.05, 3.63) is 29.6 Å². The molecule has 3 fully saturated rings. The number of amides is 1. The first-order valence-electron chi connectivity index (χ1n) is 21.9. The number of aromatic nitrogens is 4. The fourth-order valence-electron chi connectivity index (χ4n) is 9.98. The largest absolute Gasteiger partial charge is 0.456 e. The Hall–Kier alpha value is -3.41. The van der Waals surface area contributed by atoms with E-state index in [4.69, 9.17) is 23.7 Å². The number of cyclic esters (lactones) is 1. The van der Waals surface area contributed by atoms with Crippen molar-refractivity contribution in [1.29, 1.82) is 0 Å². The molecule has 2 N–H and O–H groups in total. The Morgan fingerprint density at radius 3 is 2.32 bits per heavy atom. The molecule has 14 atom stereocenters. The SMILES string of the molecule is CC[C@@H]1/C=C(\C)C[C@H](C)CC(OC)[C@H]2O[C@@](O)(C(=O)C(=O)N3CCCCC3C(=O)O[C@H](/C(C)=C/C3CC[C@H](n4ncnn4)[C@H](OC)C3)[C@H](C)[C@@H](O)CC1=O)[C@H](C)C[C@@H]2OC. The van der Waals surface area contributed by atoms with Gasteiger partial charge in [0.15, 0.2) is 6.33 Å². The summed E-state index contributed by atoms with van der Waals surface area (Å²) in [5.41, 5.74) is 1.68. The van der Waals surface area contributed by atoms with E-state index in [2.05, 4.69) is 22.3 Å². The zero-order valence-electron chi connectivity index (χ0n) is 37.0. The molecule has 1 aromatic rings. The van der Waals surface area contributed by atoms with Gasteiger partial charge in [-0.3, -0.25) is 14.4 Å². The summed E-state index contributed by atoms with van der Waals surface area (Å²) in [6.07, 6.45) is 6.21. The summed E-state index contributed by atoms with van der Waals surface area (Å²) in [6.45, 7) is 11.3. The van der Waals surface area contributed by atoms with Crippen LogP contribution in [0.15, 0.2) is 29.6 Å². The molecular formula is C44H69N5O11. The number of fused-ring (bicyclic) bond motifs is 3. The lowest BCUT2D eigenvalue weighted by Gasteiger charge is -2.47. The van der Waals surface area contributed by atoms with E-state index in [0.29, 0.717) is 50.5 Å². The van der Waals surface area contributed by atoms with Crippen molar-refractivity contribution in [1.82, 2.24) is 25.1 Å². The third-order valence-corrected chi connectivity index (χ3v) is 13.6. The molecule has 2 saturated heterocycles. The molecule has 1 saturated carbocycles. The van der Waals surface area contributed by atoms with Crippen LogP contribution in [0.25, 0.3) is 0 Å². The van der Waals surface area contributed by atoms with Crippen LogP contribution in [0.3, 0.4) is 0 Å². The van der Waals surface area contributed by atoms with Crippen molar-refractivity contribution in [2.24, 2.45) is 29.6 Å². The number of nitrogens with zero attached hydrogens (tertiary/aromatic N) is 5. The van der Waals surface area contributed by atoms with Gasteiger partial charge < -0.3 is 38.8 Å². The van der Waals surface area contributed by atoms with E-state index < -0.39 is 77.8 Å². The molecule has 2 bridgehead atoms. The summed E-state index contributed by atoms with van der Waals surface area (Å²) in [7, 11) is 4.72. The summed E-state index contributed by atoms with van der Waals surface area (Å²) in [4.78, 5) is 59.6. The molecule has 5 rings (SSSR count). The minimum absolute atomic E-state index is 0.0207. The Kier molecular flexibility index (Phi) is 16.8. The average molecular weight is 844 g/mol. The molecule has 60 heavy (non-hydrogen) atoms. The summed E-state index contributed by atoms with van der Waals surface area (Å²) in [5, 5.41) is 36.0. The van der Waals surface area contributed by atoms with Crippen LogP contribution in [0.4, 0.5) is 0 Å². The van der Waals surface area contributed by atoms with Gasteiger partial charge in [-0.25, -0.2) is 4.79 Å². The molecule has 1 aromatic heterocycles. The number of aliphatic hydroxyl groups excluding tert-OH is 1. The number of carbonyl (C=O) groups is 4. The van der Waals surface area contributed by atoms with Crippen LogP contribution in [-0.2, 0) is 42.9 Å². The lowest BCUT2D eigenvalue weighted by Crippen LogP contribution is -2.64. The third-order valence-electron chi connectivity index (χ3n) is 13.6. The molecule has 16 heteroatoms. The first-order valence-corrected chi connectivity index (χ1v) is 21.9. The number of hydrogen-bond acceptors (Lipinski definition) is 14. The lowest BCUT2D eigenvalue weighted by atomic mass is 9.81. The van der Waals surface area contributed by atoms with Gasteiger partial charge in [-0.15, -0.1) is 10.2 Å². The predicted molar refractivity (Wildman–Crippen MR) is 219 cm³/mol. The van der Waals surface area contributed by atoms with Crippen molar-refractivity contribution in [3.8, 4) is 0 Å². The van der Waals surface area contributed by atoms with Crippen molar-refractivity contribution in [2.45, 2.75) is 167 Å². The number of Topliss-reactive ketones (excluding diaryl/α,β-unsaturated/α-hetero) is 2. The molecule has 1 amide bonds. The van der Waals surface area contributed by atoms with Gasteiger partial charge in [-0.2, -0.15) is 4.80 Å². The maximum atomic E-state index is 14.4. The van der Waals surface area contributed by atoms with Crippen LogP contribution in [0.5, 0.6) is 0 Å². The highest BCUT2D eigenvalue weighted by Crippen LogP contribution is 2.40. The monoisotopic (exact) mass is 843 g/mol. The van der Waals surface area contributed by atoms with Gasteiger partial charge in [0.2, 0.25) is 5.79 Å². The standard InChI is InChI=1S/C44H69N5O11/c1-10-31-18-25(2)17-26(3)19-37(57-8)40-38(58-9)21-28(5)44(55,60-40)41(52)42(53)48-16-12-11-13-33(48)43(54)59-39(29(6)34(50)23-35(31)51)27(4)20-30-14-15-32(36(22-30)56-7)49-46-24-45-47-49/h18,20,24,26,28-34,36-40,50,55H,10-17,19,21-23H2,1-9H3/b25-18+,27-20+/t26-,28+,29+,30?,31+,32-,33?,34-,36+,37?,38-,39+,40+,44+/m0/s1. The minimum atomic E-state index is -2.50. The fourth-order valence-corrected chi connectivity index (χ4v) is 9.98. The Morgan fingerprint density at radius 1 is 0.967 bits per heavy atom. The van der Waals surface area contributed by atoms with Crippen molar-refractivity contribution >= 4 is 23.4 Å². The van der Waals surface area contributed by atoms with E-state index in [-0.39, 0.29) is 55.6 Å². The number of piperidine rings is 1. The lowest BCUT2D eigenvalue weighted by molar-refractivity contribution is -0.302. The average Bonchev–Trinajstić information content (AvgIpc) is 3.78. The smallest absolute Gasteiger partial charge is 0.329 e. The molecule has 3 unspecified atom stereocenters. The second-order valence-electron chi connectivity index (χ2n) is 17.9. The molecule has 1 aliphatic carbocycles. The number of ether oxygens (including phenoxy) is 5. The number of carbonyl (C=O) groups excluding carboxylic acids is 4. The van der Waals surface area contributed by atoms with E-state index in [1.807, 2.05) is 32.9 Å². The second-order valence-corrected chi connectivity index (χ2v) is 17.9. The number of aliphatic hydroxyl groups is 2. The van der Waals surface area contributed by atoms with E-state index in [0.717, 1.165) is 12.0 Å². The van der Waals surface area contributed by atoms with Gasteiger partial charge in [0.25, 0.3) is 11.7 Å². The van der Waals surface area contributed by atoms with Crippen LogP contribution in [0, 0.1) is 29.6 Å². The topological polar surface area (TPSA) is 202 Å². The maximum absolute atomic E-state index is 14.4. The van der Waals surface area contributed by atoms with Gasteiger partial charge in [-0.1, -0.05) is 45.4 Å². The van der Waals surface area contributed by atoms with Crippen molar-refractivity contribution in [3.63, 3.8) is 0 Å². The van der Waals surface area contributed by atoms with E-state index >= 15 is 0 Å². The van der Waals surface area contributed by atoms with Gasteiger partial charge in [0.1, 0.15) is 24.0 Å². The fraction of sp³-hybridized carbons (Fsp3) is 0.795. The summed E-state index contributed by atoms with van der Waals surface area (Å²) < 4.78 is 30.2. The van der Waals surface area contributed by atoms with Gasteiger partial charge >= 0.3 is 5.97 Å². The van der Waals surface area contributed by atoms with E-state index in [1.165, 1.54) is 25.4 Å². The summed E-state index contributed by atoms with van der Waals surface area (Å²) >= 11 is 0. The molecular weight excluding hydrogens is 775 g/mol. The molecule has 0 spiro atoms. The zero-order chi connectivity index (χ0) is 43.9. The number of hydrogen-bond donors (Lipinski definition) is 2. The molecule has 16 nitrogen and oxygen atoms in total. The Morgan fingerprint density at radius 2 is 1.67 bits per heavy atom. The highest BCUT2D eigenvalue weighted by molar-refractivity contribution is 6.39. The number of tetrazole rings is 1. The quantitative estimate of drug-likeness (QED) is 0.223. The highest BCUT2D eigenvalue weighted by atomic mass is 16.7. The molecule has 0 aromatic carbocycles. The number of allylic oxidation sites excluding steroid dienone is 3. The van der Waals surface area contributed by atoms with Crippen LogP contribution >= 0.6 is 0 Å². The predicted octanol–water partition coefficient (Wildman–Crippen LogP) is 4.34. The minimum Gasteiger partial charge on any atom is -0.456 e. The molecule has 3 aliphatic heterocycles. The van der Waals surface area contributed by atoms with Crippen LogP contribution < -0.4 is 0 Å². The highest BCUT2D eigenvalue weighted by Gasteiger charge is 2.56. The molecule has 4 heterocycles. The third kappa shape index (κ3) is 10.8. The number of esters is 1. The number of methoxy groups -OCH3 is 3. The van der Waals surface area contributed by atoms with Crippen molar-refractivity contribution < 1.29 is 53.1 Å². The summed E-state index contributed by atoms with van der Waals surface area (Å²) in [5.74, 6) is -7.48. The summed E-state index contributed by atoms with van der Waals surface area (Å²) in [6, 6.07) is -1.23. The van der Waals surface area contributed by atoms with Crippen LogP contribution in [0.2, 0.25) is 0 Å². The molecule has 0 radical (unpaired) electrons. The van der Waals surface area contributed by atoms with E-state index in [1.54, 1.807) is 25.8 Å². The first-order chi connectivity index (χ1) is 28.6. The normalized spacial score (nSPS) is 39.6. The molecule has 4 aliphatic rings.